The third-order valence-corrected chi connectivity index (χ3v) is 5.54. The number of rotatable bonds is 4. The summed E-state index contributed by atoms with van der Waals surface area (Å²) < 4.78 is 70.5. The second-order valence-electron chi connectivity index (χ2n) is 6.24. The van der Waals surface area contributed by atoms with E-state index < -0.39 is 44.8 Å². The van der Waals surface area contributed by atoms with E-state index in [1.807, 2.05) is 0 Å². The number of hydrogen-bond acceptors (Lipinski definition) is 4. The summed E-state index contributed by atoms with van der Waals surface area (Å²) >= 11 is 0. The first kappa shape index (κ1) is 19.2. The molecule has 1 aliphatic rings. The topological polar surface area (TPSA) is 68.0 Å². The zero-order valence-electron chi connectivity index (χ0n) is 14.0. The van der Waals surface area contributed by atoms with Gasteiger partial charge in [0.05, 0.1) is 11.5 Å². The van der Waals surface area contributed by atoms with Gasteiger partial charge in [-0.05, 0) is 31.2 Å². The maximum absolute atomic E-state index is 14.1. The van der Waals surface area contributed by atoms with E-state index in [-0.39, 0.29) is 22.7 Å². The van der Waals surface area contributed by atoms with E-state index in [1.165, 1.54) is 6.07 Å². The Balaban J connectivity index is 2.15. The number of nitrogens with zero attached hydrogens (tertiary/aromatic N) is 1. The van der Waals surface area contributed by atoms with Gasteiger partial charge in [-0.3, -0.25) is 0 Å². The molecule has 27 heavy (non-hydrogen) atoms. The van der Waals surface area contributed by atoms with Gasteiger partial charge in [0.15, 0.2) is 11.7 Å². The summed E-state index contributed by atoms with van der Waals surface area (Å²) in [5.74, 6) is -3.49. The summed E-state index contributed by atoms with van der Waals surface area (Å²) in [7, 11) is -4.47. The zero-order chi connectivity index (χ0) is 20.0. The molecule has 5 nitrogen and oxygen atoms in total. The van der Waals surface area contributed by atoms with Crippen LogP contribution in [0.1, 0.15) is 22.8 Å². The Morgan fingerprint density at radius 1 is 1.33 bits per heavy atom. The van der Waals surface area contributed by atoms with E-state index in [2.05, 4.69) is 4.85 Å². The van der Waals surface area contributed by atoms with E-state index in [9.17, 15) is 26.7 Å². The smallest absolute Gasteiger partial charge is 0.281 e. The van der Waals surface area contributed by atoms with Crippen molar-refractivity contribution in [3.05, 3.63) is 58.4 Å². The standard InChI is InChI=1S/C18H14F3NO4S/c1-10-5-11(22-2)7-12(6-10)26-14-3-4-15(27(24,25)9-19)16-13(14)8-18(20,21)17(16)23/h3-7,17,23H,8-9H2,1H3/t17-/m0/s1. The summed E-state index contributed by atoms with van der Waals surface area (Å²) in [4.78, 5) is 2.61. The van der Waals surface area contributed by atoms with E-state index in [4.69, 9.17) is 11.3 Å². The molecule has 1 aliphatic carbocycles. The molecule has 2 aromatic rings. The fourth-order valence-corrected chi connectivity index (χ4v) is 4.02. The number of fused-ring (bicyclic) bond motifs is 1. The maximum atomic E-state index is 14.1. The molecule has 0 unspecified atom stereocenters. The lowest BCUT2D eigenvalue weighted by atomic mass is 10.1. The molecule has 0 bridgehead atoms. The van der Waals surface area contributed by atoms with Gasteiger partial charge in [0.1, 0.15) is 17.6 Å². The average Bonchev–Trinajstić information content (AvgIpc) is 2.85. The first-order chi connectivity index (χ1) is 12.6. The lowest BCUT2D eigenvalue weighted by Crippen LogP contribution is -2.22. The molecule has 0 radical (unpaired) electrons. The first-order valence-electron chi connectivity index (χ1n) is 7.76. The van der Waals surface area contributed by atoms with Gasteiger partial charge in [-0.25, -0.2) is 26.4 Å². The fourth-order valence-electron chi connectivity index (χ4n) is 3.05. The molecule has 0 saturated heterocycles. The van der Waals surface area contributed by atoms with E-state index >= 15 is 0 Å². The monoisotopic (exact) mass is 397 g/mol. The van der Waals surface area contributed by atoms with Crippen molar-refractivity contribution in [1.29, 1.82) is 0 Å². The minimum atomic E-state index is -4.47. The van der Waals surface area contributed by atoms with Gasteiger partial charge in [-0.1, -0.05) is 11.6 Å². The van der Waals surface area contributed by atoms with Gasteiger partial charge in [-0.15, -0.1) is 0 Å². The van der Waals surface area contributed by atoms with Crippen molar-refractivity contribution in [2.75, 3.05) is 6.01 Å². The quantitative estimate of drug-likeness (QED) is 0.783. The highest BCUT2D eigenvalue weighted by molar-refractivity contribution is 7.91. The Morgan fingerprint density at radius 3 is 2.67 bits per heavy atom. The lowest BCUT2D eigenvalue weighted by molar-refractivity contribution is -0.0976. The number of aliphatic hydroxyl groups is 1. The van der Waals surface area contributed by atoms with Crippen molar-refractivity contribution >= 4 is 15.5 Å². The summed E-state index contributed by atoms with van der Waals surface area (Å²) in [5.41, 5.74) is 0.238. The van der Waals surface area contributed by atoms with Crippen molar-refractivity contribution in [3.63, 3.8) is 0 Å². The Labute approximate surface area is 153 Å². The number of hydrogen-bond donors (Lipinski definition) is 1. The maximum Gasteiger partial charge on any atom is 0.281 e. The number of ether oxygens (including phenoxy) is 1. The Hall–Kier alpha value is -2.57. The Kier molecular flexibility index (Phi) is 4.66. The number of alkyl halides is 3. The molecule has 142 valence electrons. The fraction of sp³-hybridized carbons (Fsp3) is 0.278. The van der Waals surface area contributed by atoms with Crippen molar-refractivity contribution < 1.29 is 31.4 Å². The van der Waals surface area contributed by atoms with Crippen LogP contribution in [0.3, 0.4) is 0 Å². The van der Waals surface area contributed by atoms with Gasteiger partial charge in [0.25, 0.3) is 5.92 Å². The number of aryl methyl sites for hydroxylation is 1. The van der Waals surface area contributed by atoms with Crippen LogP contribution in [-0.4, -0.2) is 25.5 Å². The molecule has 0 spiro atoms. The SMILES string of the molecule is [C-]#[N+]c1cc(C)cc(Oc2ccc(S(=O)(=O)CF)c3c2CC(F)(F)[C@H]3O)c1. The van der Waals surface area contributed by atoms with Crippen LogP contribution >= 0.6 is 0 Å². The largest absolute Gasteiger partial charge is 0.458 e. The van der Waals surface area contributed by atoms with Crippen molar-refractivity contribution in [2.45, 2.75) is 30.3 Å². The Bertz CT molecular complexity index is 1060. The molecule has 0 aliphatic heterocycles. The first-order valence-corrected chi connectivity index (χ1v) is 9.41. The zero-order valence-corrected chi connectivity index (χ0v) is 14.9. The number of aliphatic hydroxyl groups excluding tert-OH is 1. The third kappa shape index (κ3) is 3.38. The van der Waals surface area contributed by atoms with Crippen LogP contribution in [0.15, 0.2) is 35.2 Å². The number of benzene rings is 2. The molecular weight excluding hydrogens is 383 g/mol. The molecule has 0 amide bonds. The lowest BCUT2D eigenvalue weighted by Gasteiger charge is -2.16. The predicted molar refractivity (Wildman–Crippen MR) is 90.7 cm³/mol. The second-order valence-corrected chi connectivity index (χ2v) is 8.12. The van der Waals surface area contributed by atoms with Crippen LogP contribution in [0.25, 0.3) is 4.85 Å². The Morgan fingerprint density at radius 2 is 2.04 bits per heavy atom. The summed E-state index contributed by atoms with van der Waals surface area (Å²) in [6, 6.07) is 4.91. The van der Waals surface area contributed by atoms with E-state index in [0.717, 1.165) is 12.1 Å². The van der Waals surface area contributed by atoms with Crippen LogP contribution in [0.5, 0.6) is 11.5 Å². The summed E-state index contributed by atoms with van der Waals surface area (Å²) in [5, 5.41) is 9.93. The van der Waals surface area contributed by atoms with E-state index in [1.54, 1.807) is 19.1 Å². The molecule has 0 fully saturated rings. The van der Waals surface area contributed by atoms with Crippen LogP contribution in [-0.2, 0) is 16.3 Å². The highest BCUT2D eigenvalue weighted by Crippen LogP contribution is 2.49. The highest BCUT2D eigenvalue weighted by Gasteiger charge is 2.50. The minimum absolute atomic E-state index is 0.0828. The average molecular weight is 397 g/mol. The molecule has 9 heteroatoms. The van der Waals surface area contributed by atoms with Crippen LogP contribution in [0.4, 0.5) is 18.9 Å². The van der Waals surface area contributed by atoms with Crippen molar-refractivity contribution in [2.24, 2.45) is 0 Å². The molecule has 0 heterocycles. The summed E-state index contributed by atoms with van der Waals surface area (Å²) in [6.45, 7) is 8.79. The molecule has 3 rings (SSSR count). The van der Waals surface area contributed by atoms with Gasteiger partial charge < -0.3 is 9.84 Å². The van der Waals surface area contributed by atoms with Gasteiger partial charge in [0, 0.05) is 17.5 Å². The van der Waals surface area contributed by atoms with Gasteiger partial charge >= 0.3 is 0 Å². The number of halogens is 3. The molecule has 1 N–H and O–H groups in total. The van der Waals surface area contributed by atoms with Crippen molar-refractivity contribution in [3.8, 4) is 11.5 Å². The minimum Gasteiger partial charge on any atom is -0.458 e. The molecule has 1 atom stereocenters. The van der Waals surface area contributed by atoms with Crippen LogP contribution in [0.2, 0.25) is 0 Å². The van der Waals surface area contributed by atoms with Gasteiger partial charge in [0.2, 0.25) is 9.84 Å². The van der Waals surface area contributed by atoms with Crippen molar-refractivity contribution in [1.82, 2.24) is 0 Å². The summed E-state index contributed by atoms with van der Waals surface area (Å²) in [6.07, 6.45) is -3.33. The second kappa shape index (κ2) is 6.55. The van der Waals surface area contributed by atoms with E-state index in [0.29, 0.717) is 5.56 Å². The molecular formula is C18H14F3NO4S. The highest BCUT2D eigenvalue weighted by atomic mass is 32.2. The number of sulfone groups is 1. The van der Waals surface area contributed by atoms with Crippen LogP contribution in [0, 0.1) is 13.5 Å². The van der Waals surface area contributed by atoms with Crippen LogP contribution < -0.4 is 4.74 Å². The molecule has 0 saturated carbocycles. The molecule has 0 aromatic heterocycles. The molecule has 2 aromatic carbocycles. The predicted octanol–water partition coefficient (Wildman–Crippen LogP) is 4.26. The normalized spacial score (nSPS) is 18.0. The third-order valence-electron chi connectivity index (χ3n) is 4.23. The van der Waals surface area contributed by atoms with Gasteiger partial charge in [-0.2, -0.15) is 0 Å².